The van der Waals surface area contributed by atoms with Crippen LogP contribution in [-0.2, 0) is 13.1 Å². The third-order valence-electron chi connectivity index (χ3n) is 2.94. The van der Waals surface area contributed by atoms with Crippen molar-refractivity contribution in [2.45, 2.75) is 47.2 Å². The quantitative estimate of drug-likeness (QED) is 0.942. The van der Waals surface area contributed by atoms with Crippen molar-refractivity contribution in [1.82, 2.24) is 9.13 Å². The second-order valence-electron chi connectivity index (χ2n) is 6.15. The lowest BCUT2D eigenvalue weighted by molar-refractivity contribution is 0.570. The third kappa shape index (κ3) is 5.77. The Morgan fingerprint density at radius 3 is 2.13 bits per heavy atom. The lowest BCUT2D eigenvalue weighted by Gasteiger charge is -2.12. The molecule has 5 nitrogen and oxygen atoms in total. The molecule has 5 heteroatoms. The zero-order chi connectivity index (χ0) is 17.4. The average molecular weight is 317 g/mol. The summed E-state index contributed by atoms with van der Waals surface area (Å²) in [6, 6.07) is 10.9. The van der Waals surface area contributed by atoms with Gasteiger partial charge in [-0.1, -0.05) is 58.0 Å². The molecule has 1 heterocycles. The van der Waals surface area contributed by atoms with Gasteiger partial charge in [0, 0.05) is 12.6 Å². The molecule has 0 aliphatic carbocycles. The Morgan fingerprint density at radius 2 is 1.61 bits per heavy atom. The molecule has 2 N–H and O–H groups in total. The highest BCUT2D eigenvalue weighted by Crippen LogP contribution is 2.03. The second kappa shape index (κ2) is 8.98. The Morgan fingerprint density at radius 1 is 1.04 bits per heavy atom. The van der Waals surface area contributed by atoms with E-state index in [-0.39, 0.29) is 17.1 Å². The average Bonchev–Trinajstić information content (AvgIpc) is 2.48. The fourth-order valence-electron chi connectivity index (χ4n) is 1.99. The van der Waals surface area contributed by atoms with Crippen LogP contribution in [0.1, 0.15) is 39.7 Å². The van der Waals surface area contributed by atoms with Crippen molar-refractivity contribution < 1.29 is 0 Å². The number of nitrogen functional groups attached to an aromatic ring is 1. The van der Waals surface area contributed by atoms with Crippen LogP contribution in [0.3, 0.4) is 0 Å². The normalized spacial score (nSPS) is 10.3. The van der Waals surface area contributed by atoms with Gasteiger partial charge in [-0.25, -0.2) is 4.79 Å². The van der Waals surface area contributed by atoms with Gasteiger partial charge in [0.25, 0.3) is 5.56 Å². The van der Waals surface area contributed by atoms with Gasteiger partial charge in [-0.05, 0) is 17.9 Å². The van der Waals surface area contributed by atoms with E-state index < -0.39 is 0 Å². The summed E-state index contributed by atoms with van der Waals surface area (Å²) in [5, 5.41) is 0. The Balaban J connectivity index is 0.000000593. The molecule has 2 rings (SSSR count). The van der Waals surface area contributed by atoms with E-state index >= 15 is 0 Å². The molecule has 0 radical (unpaired) electrons. The number of aromatic nitrogens is 2. The minimum absolute atomic E-state index is 0.200. The maximum Gasteiger partial charge on any atom is 0.332 e. The van der Waals surface area contributed by atoms with E-state index in [0.717, 1.165) is 17.9 Å². The summed E-state index contributed by atoms with van der Waals surface area (Å²) < 4.78 is 2.64. The first-order chi connectivity index (χ1) is 10.9. The van der Waals surface area contributed by atoms with Crippen LogP contribution >= 0.6 is 0 Å². The zero-order valence-corrected chi connectivity index (χ0v) is 14.5. The van der Waals surface area contributed by atoms with Gasteiger partial charge in [-0.2, -0.15) is 0 Å². The molecule has 1 aromatic heterocycles. The largest absolute Gasteiger partial charge is 0.385 e. The monoisotopic (exact) mass is 317 g/mol. The topological polar surface area (TPSA) is 70.0 Å². The van der Waals surface area contributed by atoms with Gasteiger partial charge < -0.3 is 5.73 Å². The predicted molar refractivity (Wildman–Crippen MR) is 95.7 cm³/mol. The van der Waals surface area contributed by atoms with Crippen LogP contribution in [0.5, 0.6) is 0 Å². The molecule has 0 saturated carbocycles. The molecule has 0 saturated heterocycles. The van der Waals surface area contributed by atoms with Crippen LogP contribution in [0.4, 0.5) is 5.82 Å². The summed E-state index contributed by atoms with van der Waals surface area (Å²) in [5.74, 6) is 1.03. The molecule has 0 spiro atoms. The summed E-state index contributed by atoms with van der Waals surface area (Å²) >= 11 is 0. The third-order valence-corrected chi connectivity index (χ3v) is 2.94. The minimum atomic E-state index is -0.351. The van der Waals surface area contributed by atoms with Crippen LogP contribution < -0.4 is 17.0 Å². The molecule has 0 aliphatic heterocycles. The standard InChI is InChI=1S/C14H17N3O2.C4H10/c1-2-8-16-13(18)9-12(15)17(14(16)19)10-11-6-4-3-5-7-11;1-4(2)3/h3-7,9H,2,8,10,15H2,1H3;4H,1-3H3. The molecular formula is C18H27N3O2. The van der Waals surface area contributed by atoms with Gasteiger partial charge in [0.05, 0.1) is 6.54 Å². The number of nitrogens with two attached hydrogens (primary N) is 1. The highest BCUT2D eigenvalue weighted by Gasteiger charge is 2.09. The molecule has 0 bridgehead atoms. The molecular weight excluding hydrogens is 290 g/mol. The van der Waals surface area contributed by atoms with Crippen molar-refractivity contribution in [3.8, 4) is 0 Å². The fraction of sp³-hybridized carbons (Fsp3) is 0.444. The molecule has 1 aromatic carbocycles. The van der Waals surface area contributed by atoms with Crippen molar-refractivity contribution in [1.29, 1.82) is 0 Å². The first-order valence-electron chi connectivity index (χ1n) is 8.00. The van der Waals surface area contributed by atoms with Crippen molar-refractivity contribution in [2.24, 2.45) is 5.92 Å². The summed E-state index contributed by atoms with van der Waals surface area (Å²) in [7, 11) is 0. The Labute approximate surface area is 137 Å². The number of nitrogens with zero attached hydrogens (tertiary/aromatic N) is 2. The van der Waals surface area contributed by atoms with Crippen molar-refractivity contribution >= 4 is 5.82 Å². The number of hydrogen-bond acceptors (Lipinski definition) is 3. The molecule has 0 fully saturated rings. The molecule has 2 aromatic rings. The fourth-order valence-corrected chi connectivity index (χ4v) is 1.99. The summed E-state index contributed by atoms with van der Waals surface area (Å²) in [6.45, 7) is 9.20. The number of hydrogen-bond donors (Lipinski definition) is 1. The summed E-state index contributed by atoms with van der Waals surface area (Å²) in [4.78, 5) is 24.0. The van der Waals surface area contributed by atoms with E-state index in [1.54, 1.807) is 0 Å². The number of benzene rings is 1. The maximum absolute atomic E-state index is 12.3. The van der Waals surface area contributed by atoms with E-state index in [1.807, 2.05) is 37.3 Å². The van der Waals surface area contributed by atoms with E-state index in [2.05, 4.69) is 20.8 Å². The molecule has 0 unspecified atom stereocenters. The molecule has 0 aliphatic rings. The number of rotatable bonds is 4. The Kier molecular flexibility index (Phi) is 7.32. The molecule has 23 heavy (non-hydrogen) atoms. The highest BCUT2D eigenvalue weighted by molar-refractivity contribution is 5.28. The first kappa shape index (κ1) is 18.7. The lowest BCUT2D eigenvalue weighted by Crippen LogP contribution is -2.40. The number of anilines is 1. The zero-order valence-electron chi connectivity index (χ0n) is 14.5. The van der Waals surface area contributed by atoms with Gasteiger partial charge in [-0.15, -0.1) is 0 Å². The first-order valence-corrected chi connectivity index (χ1v) is 8.00. The van der Waals surface area contributed by atoms with Crippen LogP contribution in [0.25, 0.3) is 0 Å². The second-order valence-corrected chi connectivity index (χ2v) is 6.15. The highest BCUT2D eigenvalue weighted by atomic mass is 16.2. The Bertz CT molecular complexity index is 713. The van der Waals surface area contributed by atoms with Crippen molar-refractivity contribution in [3.05, 3.63) is 62.8 Å². The van der Waals surface area contributed by atoms with E-state index in [4.69, 9.17) is 5.73 Å². The van der Waals surface area contributed by atoms with Crippen LogP contribution in [-0.4, -0.2) is 9.13 Å². The minimum Gasteiger partial charge on any atom is -0.385 e. The molecule has 0 atom stereocenters. The Hall–Kier alpha value is -2.30. The summed E-state index contributed by atoms with van der Waals surface area (Å²) in [5.41, 5.74) is 6.06. The van der Waals surface area contributed by atoms with E-state index in [9.17, 15) is 9.59 Å². The van der Waals surface area contributed by atoms with Crippen molar-refractivity contribution in [3.63, 3.8) is 0 Å². The molecule has 126 valence electrons. The summed E-state index contributed by atoms with van der Waals surface area (Å²) in [6.07, 6.45) is 0.727. The lowest BCUT2D eigenvalue weighted by atomic mass is 10.2. The van der Waals surface area contributed by atoms with Crippen LogP contribution in [0, 0.1) is 5.92 Å². The van der Waals surface area contributed by atoms with E-state index in [1.165, 1.54) is 15.2 Å². The maximum atomic E-state index is 12.3. The van der Waals surface area contributed by atoms with Crippen LogP contribution in [0.2, 0.25) is 0 Å². The van der Waals surface area contributed by atoms with Crippen LogP contribution in [0.15, 0.2) is 46.0 Å². The van der Waals surface area contributed by atoms with Gasteiger partial charge in [0.1, 0.15) is 5.82 Å². The van der Waals surface area contributed by atoms with E-state index in [0.29, 0.717) is 13.1 Å². The van der Waals surface area contributed by atoms with Gasteiger partial charge in [-0.3, -0.25) is 13.9 Å². The molecule has 0 amide bonds. The predicted octanol–water partition coefficient (Wildman–Crippen LogP) is 2.71. The van der Waals surface area contributed by atoms with Gasteiger partial charge >= 0.3 is 5.69 Å². The SMILES string of the molecule is CC(C)C.CCCn1c(=O)cc(N)n(Cc2ccccc2)c1=O. The van der Waals surface area contributed by atoms with Crippen molar-refractivity contribution in [2.75, 3.05) is 5.73 Å². The smallest absolute Gasteiger partial charge is 0.332 e. The van der Waals surface area contributed by atoms with Gasteiger partial charge in [0.2, 0.25) is 0 Å². The van der Waals surface area contributed by atoms with Gasteiger partial charge in [0.15, 0.2) is 0 Å².